The van der Waals surface area contributed by atoms with Crippen LogP contribution in [0.1, 0.15) is 11.1 Å². The Morgan fingerprint density at radius 3 is 2.11 bits per heavy atom. The van der Waals surface area contributed by atoms with Gasteiger partial charge in [0.05, 0.1) is 21.9 Å². The number of sulfone groups is 1. The molecule has 0 aliphatic carbocycles. The maximum atomic E-state index is 13.3. The lowest BCUT2D eigenvalue weighted by atomic mass is 10.0. The molecule has 11 nitrogen and oxygen atoms in total. The average Bonchev–Trinajstić information content (AvgIpc) is 2.91. The number of nitrogens with zero attached hydrogens (tertiary/aromatic N) is 1. The molecular weight excluding hydrogens is 649 g/mol. The summed E-state index contributed by atoms with van der Waals surface area (Å²) in [4.78, 5) is 22.3. The van der Waals surface area contributed by atoms with Crippen LogP contribution in [0.3, 0.4) is 0 Å². The Balaban J connectivity index is 0.000000860. The lowest BCUT2D eigenvalue weighted by Gasteiger charge is -2.26. The van der Waals surface area contributed by atoms with Gasteiger partial charge in [-0.3, -0.25) is 10.2 Å². The largest absolute Gasteiger partial charge is 0.490 e. The van der Waals surface area contributed by atoms with Crippen LogP contribution in [0.15, 0.2) is 71.6 Å². The van der Waals surface area contributed by atoms with Crippen LogP contribution in [0.5, 0.6) is 0 Å². The number of hydrogen-bond acceptors (Lipinski definition) is 7. The number of sulfonamides is 1. The van der Waals surface area contributed by atoms with Gasteiger partial charge in [-0.25, -0.2) is 21.6 Å². The first-order valence-electron chi connectivity index (χ1n) is 12.2. The van der Waals surface area contributed by atoms with Crippen LogP contribution in [0, 0.1) is 5.41 Å². The number of benzene rings is 3. The number of likely N-dealkylation sites (N-methyl/N-ethyl adjacent to an activating group) is 1. The first-order chi connectivity index (χ1) is 20.1. The van der Waals surface area contributed by atoms with Crippen molar-refractivity contribution < 1.29 is 44.7 Å². The van der Waals surface area contributed by atoms with E-state index in [2.05, 4.69) is 5.32 Å². The molecule has 44 heavy (non-hydrogen) atoms. The number of rotatable bonds is 9. The van der Waals surface area contributed by atoms with Crippen LogP contribution in [-0.2, 0) is 35.9 Å². The molecule has 3 aromatic rings. The minimum Gasteiger partial charge on any atom is -0.475 e. The van der Waals surface area contributed by atoms with E-state index >= 15 is 0 Å². The van der Waals surface area contributed by atoms with Gasteiger partial charge in [-0.2, -0.15) is 17.5 Å². The van der Waals surface area contributed by atoms with E-state index in [9.17, 15) is 34.8 Å². The molecule has 0 heterocycles. The molecule has 0 radical (unpaired) electrons. The van der Waals surface area contributed by atoms with Gasteiger partial charge in [0.2, 0.25) is 15.9 Å². The monoisotopic (exact) mass is 676 g/mol. The van der Waals surface area contributed by atoms with Crippen LogP contribution in [-0.4, -0.2) is 75.7 Å². The third kappa shape index (κ3) is 10.0. The van der Waals surface area contributed by atoms with Gasteiger partial charge >= 0.3 is 12.1 Å². The third-order valence-electron chi connectivity index (χ3n) is 6.00. The molecule has 5 N–H and O–H groups in total. The number of carboxylic acid groups (broad SMARTS) is 1. The Labute approximate surface area is 256 Å². The van der Waals surface area contributed by atoms with E-state index < -0.39 is 44.0 Å². The van der Waals surface area contributed by atoms with Crippen molar-refractivity contribution in [1.82, 2.24) is 4.31 Å². The molecule has 0 unspecified atom stereocenters. The number of aliphatic carboxylic acids is 1. The fourth-order valence-electron chi connectivity index (χ4n) is 3.74. The summed E-state index contributed by atoms with van der Waals surface area (Å²) in [5, 5.41) is 17.6. The van der Waals surface area contributed by atoms with E-state index in [0.29, 0.717) is 22.3 Å². The number of nitrogens with two attached hydrogens (primary N) is 1. The van der Waals surface area contributed by atoms with Crippen molar-refractivity contribution in [2.45, 2.75) is 23.5 Å². The molecule has 0 bridgehead atoms. The van der Waals surface area contributed by atoms with Gasteiger partial charge in [0.15, 0.2) is 9.84 Å². The quantitative estimate of drug-likeness (QED) is 0.195. The van der Waals surface area contributed by atoms with E-state index in [4.69, 9.17) is 32.6 Å². The molecule has 17 heteroatoms. The average molecular weight is 677 g/mol. The molecule has 0 fully saturated rings. The zero-order valence-electron chi connectivity index (χ0n) is 23.4. The molecule has 0 aliphatic rings. The second-order valence-electron chi connectivity index (χ2n) is 9.37. The van der Waals surface area contributed by atoms with Gasteiger partial charge < -0.3 is 16.2 Å². The number of nitrogen functional groups attached to an aromatic ring is 1. The Kier molecular flexibility index (Phi) is 11.7. The minimum atomic E-state index is -5.08. The molecule has 238 valence electrons. The summed E-state index contributed by atoms with van der Waals surface area (Å²) in [5.41, 5.74) is 7.85. The molecular formula is C27H28ClF3N4O7S2. The Morgan fingerprint density at radius 1 is 1.02 bits per heavy atom. The van der Waals surface area contributed by atoms with Crippen LogP contribution in [0.2, 0.25) is 5.02 Å². The predicted octanol–water partition coefficient (Wildman–Crippen LogP) is 3.77. The molecule has 0 spiro atoms. The number of carbonyl (C=O) groups excluding carboxylic acids is 1. The number of halogens is 4. The Morgan fingerprint density at radius 2 is 1.61 bits per heavy atom. The number of amidine groups is 1. The Bertz CT molecular complexity index is 1780. The van der Waals surface area contributed by atoms with Crippen molar-refractivity contribution in [3.63, 3.8) is 0 Å². The SMILES string of the molecule is CN([C@@H](Cc1cccc(C(=N)N)c1)C(=O)Nc1ccc(-c2ccccc2S(C)(=O)=O)cc1Cl)S(C)(=O)=O.O=C(O)C(F)(F)F. The predicted molar refractivity (Wildman–Crippen MR) is 160 cm³/mol. The van der Waals surface area contributed by atoms with Crippen LogP contribution in [0.4, 0.5) is 18.9 Å². The van der Waals surface area contributed by atoms with Gasteiger partial charge in [0, 0.05) is 24.4 Å². The van der Waals surface area contributed by atoms with Crippen LogP contribution >= 0.6 is 11.6 Å². The van der Waals surface area contributed by atoms with Crippen molar-refractivity contribution in [2.24, 2.45) is 5.73 Å². The second kappa shape index (κ2) is 14.2. The summed E-state index contributed by atoms with van der Waals surface area (Å²) in [6.07, 6.45) is -2.94. The topological polar surface area (TPSA) is 188 Å². The second-order valence-corrected chi connectivity index (χ2v) is 13.8. The summed E-state index contributed by atoms with van der Waals surface area (Å²) in [5.74, 6) is -3.52. The fraction of sp³-hybridized carbons (Fsp3) is 0.222. The van der Waals surface area contributed by atoms with Gasteiger partial charge in [0.25, 0.3) is 0 Å². The maximum absolute atomic E-state index is 13.3. The minimum absolute atomic E-state index is 0.0218. The standard InChI is InChI=1S/C25H27ClN4O5S2.C2HF3O2/c1-30(37(3,34)35)22(14-16-7-6-8-18(13-16)24(27)28)25(31)29-21-12-11-17(15-20(21)26)19-9-4-5-10-23(19)36(2,32)33;3-2(4,5)1(6)7/h4-13,15,22H,14H2,1-3H3,(H3,27,28)(H,29,31);(H,6,7)/t22-;/m0./s1. The molecule has 3 rings (SSSR count). The molecule has 3 aromatic carbocycles. The van der Waals surface area contributed by atoms with E-state index in [1.165, 1.54) is 25.2 Å². The van der Waals surface area contributed by atoms with Crippen LogP contribution < -0.4 is 11.1 Å². The van der Waals surface area contributed by atoms with Crippen molar-refractivity contribution in [3.8, 4) is 11.1 Å². The molecule has 0 saturated carbocycles. The van der Waals surface area contributed by atoms with Gasteiger partial charge in [0.1, 0.15) is 11.9 Å². The van der Waals surface area contributed by atoms with Crippen molar-refractivity contribution in [1.29, 1.82) is 5.41 Å². The summed E-state index contributed by atoms with van der Waals surface area (Å²) in [7, 11) is -5.93. The zero-order chi connectivity index (χ0) is 33.6. The number of amides is 1. The number of hydrogen-bond donors (Lipinski definition) is 4. The highest BCUT2D eigenvalue weighted by Gasteiger charge is 2.38. The van der Waals surface area contributed by atoms with Gasteiger partial charge in [-0.05, 0) is 41.8 Å². The first-order valence-corrected chi connectivity index (χ1v) is 16.3. The molecule has 0 aliphatic heterocycles. The molecule has 0 aromatic heterocycles. The van der Waals surface area contributed by atoms with E-state index in [-0.39, 0.29) is 27.9 Å². The van der Waals surface area contributed by atoms with E-state index in [1.807, 2.05) is 0 Å². The highest BCUT2D eigenvalue weighted by Crippen LogP contribution is 2.33. The molecule has 1 amide bonds. The van der Waals surface area contributed by atoms with Gasteiger partial charge in [-0.15, -0.1) is 0 Å². The Hall–Kier alpha value is -3.99. The van der Waals surface area contributed by atoms with Crippen molar-refractivity contribution >= 4 is 54.9 Å². The number of nitrogens with one attached hydrogen (secondary N) is 2. The number of carboxylic acids is 1. The smallest absolute Gasteiger partial charge is 0.475 e. The first kappa shape index (κ1) is 36.2. The fourth-order valence-corrected chi connectivity index (χ4v) is 5.51. The zero-order valence-corrected chi connectivity index (χ0v) is 25.8. The number of carbonyl (C=O) groups is 2. The van der Waals surface area contributed by atoms with Crippen molar-refractivity contribution in [2.75, 3.05) is 24.9 Å². The van der Waals surface area contributed by atoms with E-state index in [0.717, 1.165) is 16.8 Å². The van der Waals surface area contributed by atoms with Crippen LogP contribution in [0.25, 0.3) is 11.1 Å². The lowest BCUT2D eigenvalue weighted by molar-refractivity contribution is -0.192. The third-order valence-corrected chi connectivity index (χ3v) is 8.77. The maximum Gasteiger partial charge on any atom is 0.490 e. The summed E-state index contributed by atoms with van der Waals surface area (Å²) >= 11 is 6.45. The lowest BCUT2D eigenvalue weighted by Crippen LogP contribution is -2.46. The highest BCUT2D eigenvalue weighted by molar-refractivity contribution is 7.90. The van der Waals surface area contributed by atoms with Crippen molar-refractivity contribution in [3.05, 3.63) is 82.9 Å². The molecule has 0 saturated heterocycles. The normalized spacial score (nSPS) is 12.5. The summed E-state index contributed by atoms with van der Waals surface area (Å²) in [6.45, 7) is 0. The number of anilines is 1. The highest BCUT2D eigenvalue weighted by atomic mass is 35.5. The molecule has 1 atom stereocenters. The summed E-state index contributed by atoms with van der Waals surface area (Å²) in [6, 6.07) is 16.7. The van der Waals surface area contributed by atoms with Gasteiger partial charge in [-0.1, -0.05) is 54.1 Å². The number of alkyl halides is 3. The van der Waals surface area contributed by atoms with E-state index in [1.54, 1.807) is 48.5 Å². The summed E-state index contributed by atoms with van der Waals surface area (Å²) < 4.78 is 81.7.